The van der Waals surface area contributed by atoms with Crippen molar-refractivity contribution in [2.75, 3.05) is 6.54 Å². The lowest BCUT2D eigenvalue weighted by atomic mass is 9.84. The zero-order chi connectivity index (χ0) is 21.3. The summed E-state index contributed by atoms with van der Waals surface area (Å²) >= 11 is 0. The summed E-state index contributed by atoms with van der Waals surface area (Å²) in [5.41, 5.74) is -1.63. The summed E-state index contributed by atoms with van der Waals surface area (Å²) in [6.07, 6.45) is -0.761. The van der Waals surface area contributed by atoms with Gasteiger partial charge in [0.25, 0.3) is 0 Å². The van der Waals surface area contributed by atoms with Gasteiger partial charge in [0.15, 0.2) is 0 Å². The van der Waals surface area contributed by atoms with Crippen LogP contribution in [0.5, 0.6) is 0 Å². The van der Waals surface area contributed by atoms with E-state index in [1.807, 2.05) is 27.7 Å². The standard InChI is InChI=1S/C18H35NO5.C2H6/c1-13(2)11-18(9,10)12-19(14(20)22-16(3,4)5)24-15(21)23-17(6,7)8;1-2/h13H,11-12H2,1-10H3;1-2H3. The molecule has 26 heavy (non-hydrogen) atoms. The number of amides is 1. The Bertz CT molecular complexity index is 430. The molecule has 0 aliphatic heterocycles. The molecule has 0 saturated heterocycles. The first kappa shape index (κ1) is 26.8. The molecule has 6 nitrogen and oxygen atoms in total. The second kappa shape index (κ2) is 10.6. The predicted molar refractivity (Wildman–Crippen MR) is 105 cm³/mol. The van der Waals surface area contributed by atoms with E-state index in [1.165, 1.54) is 0 Å². The van der Waals surface area contributed by atoms with Crippen molar-refractivity contribution in [1.29, 1.82) is 0 Å². The number of carbonyl (C=O) groups is 2. The van der Waals surface area contributed by atoms with Gasteiger partial charge in [0.1, 0.15) is 11.2 Å². The summed E-state index contributed by atoms with van der Waals surface area (Å²) in [5.74, 6) is 0.446. The summed E-state index contributed by atoms with van der Waals surface area (Å²) in [7, 11) is 0. The van der Waals surface area contributed by atoms with Crippen LogP contribution in [0.15, 0.2) is 0 Å². The van der Waals surface area contributed by atoms with Crippen LogP contribution < -0.4 is 0 Å². The van der Waals surface area contributed by atoms with Gasteiger partial charge in [0.05, 0.1) is 6.54 Å². The van der Waals surface area contributed by atoms with E-state index in [0.29, 0.717) is 5.92 Å². The molecule has 0 N–H and O–H groups in total. The fourth-order valence-electron chi connectivity index (χ4n) is 2.36. The van der Waals surface area contributed by atoms with Crippen molar-refractivity contribution in [3.05, 3.63) is 0 Å². The third-order valence-corrected chi connectivity index (χ3v) is 2.70. The summed E-state index contributed by atoms with van der Waals surface area (Å²) in [6, 6.07) is 0. The molecule has 0 aliphatic rings. The highest BCUT2D eigenvalue weighted by Crippen LogP contribution is 2.27. The minimum Gasteiger partial charge on any atom is -0.442 e. The lowest BCUT2D eigenvalue weighted by Crippen LogP contribution is -2.44. The smallest absolute Gasteiger partial charge is 0.442 e. The second-order valence-corrected chi connectivity index (χ2v) is 9.33. The van der Waals surface area contributed by atoms with Crippen LogP contribution in [0.2, 0.25) is 0 Å². The maximum absolute atomic E-state index is 12.4. The Labute approximate surface area is 160 Å². The van der Waals surface area contributed by atoms with E-state index < -0.39 is 23.5 Å². The van der Waals surface area contributed by atoms with Gasteiger partial charge in [-0.2, -0.15) is 0 Å². The van der Waals surface area contributed by atoms with E-state index >= 15 is 0 Å². The molecule has 0 saturated carbocycles. The van der Waals surface area contributed by atoms with Crippen molar-refractivity contribution in [3.8, 4) is 0 Å². The Kier molecular flexibility index (Phi) is 10.9. The highest BCUT2D eigenvalue weighted by molar-refractivity contribution is 5.70. The fourth-order valence-corrected chi connectivity index (χ4v) is 2.36. The van der Waals surface area contributed by atoms with Crippen molar-refractivity contribution in [2.45, 2.75) is 101 Å². The van der Waals surface area contributed by atoms with Crippen molar-refractivity contribution in [1.82, 2.24) is 5.06 Å². The molecule has 1 amide bonds. The molecule has 0 unspecified atom stereocenters. The average Bonchev–Trinajstić information content (AvgIpc) is 2.33. The Morgan fingerprint density at radius 1 is 0.846 bits per heavy atom. The van der Waals surface area contributed by atoms with Gasteiger partial charge in [-0.15, -0.1) is 5.06 Å². The molecule has 0 radical (unpaired) electrons. The molecule has 0 aliphatic carbocycles. The Hall–Kier alpha value is -1.46. The topological polar surface area (TPSA) is 65.1 Å². The quantitative estimate of drug-likeness (QED) is 0.433. The van der Waals surface area contributed by atoms with Crippen molar-refractivity contribution in [2.24, 2.45) is 11.3 Å². The third-order valence-electron chi connectivity index (χ3n) is 2.70. The summed E-state index contributed by atoms with van der Waals surface area (Å²) in [6.45, 7) is 22.9. The minimum atomic E-state index is -0.922. The molecule has 0 aromatic rings. The number of hydrogen-bond donors (Lipinski definition) is 0. The van der Waals surface area contributed by atoms with Gasteiger partial charge in [0.2, 0.25) is 0 Å². The fraction of sp³-hybridized carbons (Fsp3) is 0.900. The van der Waals surface area contributed by atoms with Crippen molar-refractivity contribution >= 4 is 12.2 Å². The van der Waals surface area contributed by atoms with Gasteiger partial charge in [-0.1, -0.05) is 41.5 Å². The Morgan fingerprint density at radius 2 is 1.27 bits per heavy atom. The van der Waals surface area contributed by atoms with E-state index in [1.54, 1.807) is 41.5 Å². The molecule has 0 heterocycles. The lowest BCUT2D eigenvalue weighted by molar-refractivity contribution is -0.147. The molecule has 156 valence electrons. The second-order valence-electron chi connectivity index (χ2n) is 9.33. The van der Waals surface area contributed by atoms with E-state index in [4.69, 9.17) is 14.3 Å². The van der Waals surface area contributed by atoms with Gasteiger partial charge < -0.3 is 14.3 Å². The van der Waals surface area contributed by atoms with E-state index in [9.17, 15) is 9.59 Å². The van der Waals surface area contributed by atoms with E-state index in [2.05, 4.69) is 13.8 Å². The molecule has 0 aromatic heterocycles. The average molecular weight is 376 g/mol. The molecule has 0 bridgehead atoms. The first-order valence-electron chi connectivity index (χ1n) is 9.42. The maximum atomic E-state index is 12.4. The predicted octanol–water partition coefficient (Wildman–Crippen LogP) is 6.19. The first-order valence-corrected chi connectivity index (χ1v) is 9.42. The third kappa shape index (κ3) is 14.8. The summed E-state index contributed by atoms with van der Waals surface area (Å²) in [5, 5.41) is 0.960. The van der Waals surface area contributed by atoms with Crippen molar-refractivity contribution < 1.29 is 23.9 Å². The molecular weight excluding hydrogens is 334 g/mol. The minimum absolute atomic E-state index is 0.222. The molecule has 0 fully saturated rings. The van der Waals surface area contributed by atoms with Gasteiger partial charge in [-0.05, 0) is 59.3 Å². The van der Waals surface area contributed by atoms with Crippen LogP contribution in [-0.4, -0.2) is 35.1 Å². The van der Waals surface area contributed by atoms with Crippen LogP contribution in [0, 0.1) is 11.3 Å². The monoisotopic (exact) mass is 375 g/mol. The van der Waals surface area contributed by atoms with Crippen LogP contribution in [0.4, 0.5) is 9.59 Å². The maximum Gasteiger partial charge on any atom is 0.534 e. The number of rotatable bonds is 4. The number of hydrogen-bond acceptors (Lipinski definition) is 5. The molecule has 6 heteroatoms. The van der Waals surface area contributed by atoms with Crippen LogP contribution in [0.3, 0.4) is 0 Å². The first-order chi connectivity index (χ1) is 11.5. The SMILES string of the molecule is CC.CC(C)CC(C)(C)CN(OC(=O)OC(C)(C)C)C(=O)OC(C)(C)C. The van der Waals surface area contributed by atoms with Gasteiger partial charge in [0, 0.05) is 0 Å². The van der Waals surface area contributed by atoms with Crippen molar-refractivity contribution in [3.63, 3.8) is 0 Å². The molecule has 0 aromatic carbocycles. The van der Waals surface area contributed by atoms with E-state index in [0.717, 1.165) is 11.5 Å². The summed E-state index contributed by atoms with van der Waals surface area (Å²) in [4.78, 5) is 29.5. The van der Waals surface area contributed by atoms with Crippen LogP contribution in [0.1, 0.15) is 89.5 Å². The summed E-state index contributed by atoms with van der Waals surface area (Å²) < 4.78 is 10.5. The largest absolute Gasteiger partial charge is 0.534 e. The zero-order valence-corrected chi connectivity index (χ0v) is 19.0. The van der Waals surface area contributed by atoms with Gasteiger partial charge in [-0.3, -0.25) is 0 Å². The Balaban J connectivity index is 0. The zero-order valence-electron chi connectivity index (χ0n) is 19.0. The highest BCUT2D eigenvalue weighted by atomic mass is 16.8. The van der Waals surface area contributed by atoms with Crippen LogP contribution in [0.25, 0.3) is 0 Å². The number of carbonyl (C=O) groups excluding carboxylic acids is 2. The normalized spacial score (nSPS) is 12.0. The van der Waals surface area contributed by atoms with Gasteiger partial charge in [-0.25, -0.2) is 9.59 Å². The molecule has 0 atom stereocenters. The van der Waals surface area contributed by atoms with Gasteiger partial charge >= 0.3 is 12.2 Å². The number of nitrogens with zero attached hydrogens (tertiary/aromatic N) is 1. The lowest BCUT2D eigenvalue weighted by Gasteiger charge is -2.33. The molecule has 0 rings (SSSR count). The molecule has 0 spiro atoms. The van der Waals surface area contributed by atoms with Crippen LogP contribution >= 0.6 is 0 Å². The van der Waals surface area contributed by atoms with Crippen LogP contribution in [-0.2, 0) is 14.3 Å². The number of ether oxygens (including phenoxy) is 2. The Morgan fingerprint density at radius 3 is 1.62 bits per heavy atom. The number of hydroxylamine groups is 2. The highest BCUT2D eigenvalue weighted by Gasteiger charge is 2.33. The molecular formula is C20H41NO5. The van der Waals surface area contributed by atoms with E-state index in [-0.39, 0.29) is 12.0 Å².